The third kappa shape index (κ3) is 3.98. The second-order valence-corrected chi connectivity index (χ2v) is 7.67. The summed E-state index contributed by atoms with van der Waals surface area (Å²) >= 11 is 0. The van der Waals surface area contributed by atoms with Gasteiger partial charge in [0.1, 0.15) is 5.75 Å². The van der Waals surface area contributed by atoms with Gasteiger partial charge in [-0.05, 0) is 37.3 Å². The number of phenols is 1. The maximum absolute atomic E-state index is 12.9. The van der Waals surface area contributed by atoms with Gasteiger partial charge in [-0.25, -0.2) is 0 Å². The lowest BCUT2D eigenvalue weighted by molar-refractivity contribution is 0.0301. The van der Waals surface area contributed by atoms with Crippen LogP contribution in [0.25, 0.3) is 0 Å². The van der Waals surface area contributed by atoms with E-state index in [1.54, 1.807) is 31.3 Å². The second kappa shape index (κ2) is 8.24. The summed E-state index contributed by atoms with van der Waals surface area (Å²) in [5, 5.41) is 17.4. The zero-order chi connectivity index (χ0) is 20.4. The van der Waals surface area contributed by atoms with Crippen molar-refractivity contribution < 1.29 is 19.4 Å². The molecule has 1 aromatic heterocycles. The number of ether oxygens (including phenoxy) is 1. The number of para-hydroxylation sites is 1. The average Bonchev–Trinajstić information content (AvgIpc) is 3.17. The molecule has 2 amide bonds. The molecule has 0 bridgehead atoms. The Morgan fingerprint density at radius 2 is 2.03 bits per heavy atom. The number of fused-ring (bicyclic) bond motifs is 1. The van der Waals surface area contributed by atoms with Crippen LogP contribution in [-0.2, 0) is 17.7 Å². The van der Waals surface area contributed by atoms with E-state index >= 15 is 0 Å². The molecule has 4 rings (SSSR count). The SMILES string of the molecule is Cc1cccc(C(=O)NCC2CCn3ncc(C(=O)N4CCOCC4)c3C2)c1O. The van der Waals surface area contributed by atoms with Crippen LogP contribution in [0.1, 0.15) is 38.4 Å². The highest BCUT2D eigenvalue weighted by atomic mass is 16.5. The van der Waals surface area contributed by atoms with Gasteiger partial charge in [0.05, 0.1) is 36.2 Å². The van der Waals surface area contributed by atoms with Gasteiger partial charge in [0.25, 0.3) is 11.8 Å². The van der Waals surface area contributed by atoms with Crippen LogP contribution < -0.4 is 5.32 Å². The largest absolute Gasteiger partial charge is 0.507 e. The van der Waals surface area contributed by atoms with Crippen molar-refractivity contribution in [3.8, 4) is 5.75 Å². The molecule has 29 heavy (non-hydrogen) atoms. The minimum atomic E-state index is -0.283. The number of benzene rings is 1. The number of aryl methyl sites for hydroxylation is 2. The van der Waals surface area contributed by atoms with Gasteiger partial charge in [-0.15, -0.1) is 0 Å². The molecule has 1 saturated heterocycles. The molecule has 154 valence electrons. The summed E-state index contributed by atoms with van der Waals surface area (Å²) in [6.45, 7) is 5.31. The van der Waals surface area contributed by atoms with Crippen LogP contribution in [0.4, 0.5) is 0 Å². The van der Waals surface area contributed by atoms with Gasteiger partial charge in [0.2, 0.25) is 0 Å². The molecule has 0 spiro atoms. The van der Waals surface area contributed by atoms with Crippen LogP contribution >= 0.6 is 0 Å². The lowest BCUT2D eigenvalue weighted by Gasteiger charge is -2.28. The average molecular weight is 398 g/mol. The van der Waals surface area contributed by atoms with Crippen LogP contribution in [0.3, 0.4) is 0 Å². The number of carbonyl (C=O) groups excluding carboxylic acids is 2. The first-order valence-electron chi connectivity index (χ1n) is 10.0. The number of phenolic OH excluding ortho intramolecular Hbond substituents is 1. The predicted octanol–water partition coefficient (Wildman–Crippen LogP) is 1.36. The summed E-state index contributed by atoms with van der Waals surface area (Å²) in [5.41, 5.74) is 2.55. The number of nitrogens with one attached hydrogen (secondary N) is 1. The van der Waals surface area contributed by atoms with Crippen molar-refractivity contribution in [2.45, 2.75) is 26.3 Å². The summed E-state index contributed by atoms with van der Waals surface area (Å²) in [6.07, 6.45) is 3.23. The Bertz CT molecular complexity index is 917. The minimum Gasteiger partial charge on any atom is -0.507 e. The molecular formula is C21H26N4O4. The van der Waals surface area contributed by atoms with Crippen LogP contribution in [0.5, 0.6) is 5.75 Å². The molecule has 2 aromatic rings. The van der Waals surface area contributed by atoms with Crippen molar-refractivity contribution in [3.63, 3.8) is 0 Å². The lowest BCUT2D eigenvalue weighted by Crippen LogP contribution is -2.41. The molecule has 3 heterocycles. The number of aromatic hydroxyl groups is 1. The number of hydrogen-bond donors (Lipinski definition) is 2. The molecule has 8 heteroatoms. The van der Waals surface area contributed by atoms with Gasteiger partial charge >= 0.3 is 0 Å². The summed E-state index contributed by atoms with van der Waals surface area (Å²) in [4.78, 5) is 27.2. The summed E-state index contributed by atoms with van der Waals surface area (Å²) < 4.78 is 7.23. The number of carbonyl (C=O) groups is 2. The van der Waals surface area contributed by atoms with Crippen molar-refractivity contribution in [2.75, 3.05) is 32.8 Å². The lowest BCUT2D eigenvalue weighted by atomic mass is 9.94. The Kier molecular flexibility index (Phi) is 5.53. The van der Waals surface area contributed by atoms with Crippen molar-refractivity contribution in [3.05, 3.63) is 46.8 Å². The first-order chi connectivity index (χ1) is 14.0. The normalized spacial score (nSPS) is 18.9. The molecule has 1 fully saturated rings. The van der Waals surface area contributed by atoms with Gasteiger partial charge in [0, 0.05) is 26.2 Å². The Balaban J connectivity index is 1.41. The standard InChI is InChI=1S/C21H26N4O4/c1-14-3-2-4-16(19(14)26)20(27)22-12-15-5-6-25-18(11-15)17(13-23-25)21(28)24-7-9-29-10-8-24/h2-4,13,15,26H,5-12H2,1H3,(H,22,27). The topological polar surface area (TPSA) is 96.7 Å². The van der Waals surface area contributed by atoms with Crippen molar-refractivity contribution in [1.29, 1.82) is 0 Å². The fourth-order valence-corrected chi connectivity index (χ4v) is 3.96. The number of aromatic nitrogens is 2. The van der Waals surface area contributed by atoms with Crippen LogP contribution in [0.15, 0.2) is 24.4 Å². The van der Waals surface area contributed by atoms with Crippen molar-refractivity contribution in [1.82, 2.24) is 20.0 Å². The molecule has 2 aliphatic heterocycles. The molecule has 1 aromatic carbocycles. The van der Waals surface area contributed by atoms with E-state index in [0.717, 1.165) is 18.7 Å². The zero-order valence-corrected chi connectivity index (χ0v) is 16.6. The number of amides is 2. The van der Waals surface area contributed by atoms with Gasteiger partial charge in [0.15, 0.2) is 0 Å². The Hall–Kier alpha value is -2.87. The van der Waals surface area contributed by atoms with E-state index < -0.39 is 0 Å². The fraction of sp³-hybridized carbons (Fsp3) is 0.476. The van der Waals surface area contributed by atoms with E-state index in [1.807, 2.05) is 9.58 Å². The maximum atomic E-state index is 12.9. The second-order valence-electron chi connectivity index (χ2n) is 7.67. The van der Waals surface area contributed by atoms with Gasteiger partial charge in [-0.2, -0.15) is 5.10 Å². The van der Waals surface area contributed by atoms with E-state index in [-0.39, 0.29) is 29.0 Å². The smallest absolute Gasteiger partial charge is 0.257 e. The first kappa shape index (κ1) is 19.4. The summed E-state index contributed by atoms with van der Waals surface area (Å²) in [7, 11) is 0. The van der Waals surface area contributed by atoms with E-state index in [2.05, 4.69) is 10.4 Å². The minimum absolute atomic E-state index is 0.00363. The molecular weight excluding hydrogens is 372 g/mol. The Labute approximate surface area is 169 Å². The molecule has 0 aliphatic carbocycles. The van der Waals surface area contributed by atoms with Crippen molar-refractivity contribution in [2.24, 2.45) is 5.92 Å². The molecule has 8 nitrogen and oxygen atoms in total. The number of morpholine rings is 1. The highest BCUT2D eigenvalue weighted by molar-refractivity contribution is 5.97. The Morgan fingerprint density at radius 3 is 2.83 bits per heavy atom. The van der Waals surface area contributed by atoms with Crippen LogP contribution in [-0.4, -0.2) is 64.4 Å². The maximum Gasteiger partial charge on any atom is 0.257 e. The van der Waals surface area contributed by atoms with Crippen LogP contribution in [0.2, 0.25) is 0 Å². The monoisotopic (exact) mass is 398 g/mol. The number of rotatable bonds is 4. The zero-order valence-electron chi connectivity index (χ0n) is 16.6. The number of nitrogens with zero attached hydrogens (tertiary/aromatic N) is 3. The molecule has 0 radical (unpaired) electrons. The van der Waals surface area contributed by atoms with Gasteiger partial charge < -0.3 is 20.1 Å². The Morgan fingerprint density at radius 1 is 1.24 bits per heavy atom. The molecule has 2 aliphatic rings. The molecule has 1 unspecified atom stereocenters. The van der Waals surface area contributed by atoms with E-state index in [1.165, 1.54) is 0 Å². The third-order valence-corrected chi connectivity index (χ3v) is 5.74. The molecule has 2 N–H and O–H groups in total. The van der Waals surface area contributed by atoms with E-state index in [9.17, 15) is 14.7 Å². The molecule has 1 atom stereocenters. The van der Waals surface area contributed by atoms with Gasteiger partial charge in [-0.1, -0.05) is 12.1 Å². The summed E-state index contributed by atoms with van der Waals surface area (Å²) in [5.74, 6) is -0.0460. The highest BCUT2D eigenvalue weighted by Crippen LogP contribution is 2.25. The van der Waals surface area contributed by atoms with E-state index in [0.29, 0.717) is 50.4 Å². The highest BCUT2D eigenvalue weighted by Gasteiger charge is 2.28. The third-order valence-electron chi connectivity index (χ3n) is 5.74. The van der Waals surface area contributed by atoms with Crippen molar-refractivity contribution >= 4 is 11.8 Å². The quantitative estimate of drug-likeness (QED) is 0.811. The molecule has 0 saturated carbocycles. The van der Waals surface area contributed by atoms with Crippen LogP contribution in [0, 0.1) is 12.8 Å². The predicted molar refractivity (Wildman–Crippen MR) is 106 cm³/mol. The van der Waals surface area contributed by atoms with E-state index in [4.69, 9.17) is 4.74 Å². The number of hydrogen-bond acceptors (Lipinski definition) is 5. The summed E-state index contributed by atoms with van der Waals surface area (Å²) in [6, 6.07) is 5.14. The van der Waals surface area contributed by atoms with Gasteiger partial charge in [-0.3, -0.25) is 14.3 Å². The fourth-order valence-electron chi connectivity index (χ4n) is 3.96. The first-order valence-corrected chi connectivity index (χ1v) is 10.0.